The van der Waals surface area contributed by atoms with Crippen molar-refractivity contribution in [2.75, 3.05) is 9.80 Å². The Labute approximate surface area is 306 Å². The minimum atomic E-state index is 0.0870. The molecule has 0 saturated heterocycles. The van der Waals surface area contributed by atoms with Crippen LogP contribution in [0.1, 0.15) is 0 Å². The number of anilines is 6. The predicted molar refractivity (Wildman–Crippen MR) is 223 cm³/mol. The van der Waals surface area contributed by atoms with E-state index in [2.05, 4.69) is 195 Å². The zero-order chi connectivity index (χ0) is 34.4. The summed E-state index contributed by atoms with van der Waals surface area (Å²) in [6.45, 7) is 0.0870. The van der Waals surface area contributed by atoms with E-state index < -0.39 is 0 Å². The largest absolute Gasteiger partial charge is 0.311 e. The van der Waals surface area contributed by atoms with Gasteiger partial charge < -0.3 is 18.9 Å². The highest BCUT2D eigenvalue weighted by Crippen LogP contribution is 2.49. The molecule has 5 heterocycles. The molecule has 0 bridgehead atoms. The second-order valence-electron chi connectivity index (χ2n) is 14.5. The Hall–Kier alpha value is -6.98. The van der Waals surface area contributed by atoms with E-state index in [1.54, 1.807) is 0 Å². The minimum absolute atomic E-state index is 0.0870. The summed E-state index contributed by atoms with van der Waals surface area (Å²) in [5.74, 6) is 0. The van der Waals surface area contributed by atoms with Crippen molar-refractivity contribution < 1.29 is 0 Å². The van der Waals surface area contributed by atoms with Crippen LogP contribution < -0.4 is 26.2 Å². The Balaban J connectivity index is 1.24. The Morgan fingerprint density at radius 3 is 1.43 bits per heavy atom. The smallest absolute Gasteiger partial charge is 0.257 e. The van der Waals surface area contributed by atoms with Crippen LogP contribution in [0.2, 0.25) is 0 Å². The molecule has 0 fully saturated rings. The van der Waals surface area contributed by atoms with E-state index in [-0.39, 0.29) is 6.71 Å². The molecule has 0 N–H and O–H groups in total. The number of rotatable bonds is 3. The molecule has 3 aliphatic rings. The van der Waals surface area contributed by atoms with Crippen LogP contribution >= 0.6 is 0 Å². The van der Waals surface area contributed by atoms with Gasteiger partial charge in [0, 0.05) is 67.0 Å². The van der Waals surface area contributed by atoms with Gasteiger partial charge in [-0.1, -0.05) is 91.0 Å². The molecule has 0 radical (unpaired) electrons. The Kier molecular flexibility index (Phi) is 5.16. The molecular formula is C48H29BN4. The summed E-state index contributed by atoms with van der Waals surface area (Å²) in [6, 6.07) is 64.8. The maximum Gasteiger partial charge on any atom is 0.257 e. The highest BCUT2D eigenvalue weighted by atomic mass is 15.2. The fourth-order valence-electron chi connectivity index (χ4n) is 10.1. The molecule has 5 heteroatoms. The van der Waals surface area contributed by atoms with E-state index in [0.29, 0.717) is 0 Å². The third-order valence-corrected chi connectivity index (χ3v) is 12.0. The van der Waals surface area contributed by atoms with Crippen molar-refractivity contribution in [1.29, 1.82) is 0 Å². The zero-order valence-electron chi connectivity index (χ0n) is 28.6. The Bertz CT molecular complexity index is 3170. The maximum atomic E-state index is 2.60. The predicted octanol–water partition coefficient (Wildman–Crippen LogP) is 10.3. The lowest BCUT2D eigenvalue weighted by Gasteiger charge is -2.46. The van der Waals surface area contributed by atoms with Crippen LogP contribution in [0.5, 0.6) is 0 Å². The molecular weight excluding hydrogens is 643 g/mol. The second kappa shape index (κ2) is 9.87. The lowest BCUT2D eigenvalue weighted by atomic mass is 9.32. The van der Waals surface area contributed by atoms with E-state index >= 15 is 0 Å². The summed E-state index contributed by atoms with van der Waals surface area (Å²) in [6.07, 6.45) is 0. The van der Waals surface area contributed by atoms with Crippen molar-refractivity contribution >= 4 is 101 Å². The molecule has 0 spiro atoms. The van der Waals surface area contributed by atoms with Gasteiger partial charge in [-0.05, 0) is 101 Å². The Morgan fingerprint density at radius 2 is 0.792 bits per heavy atom. The van der Waals surface area contributed by atoms with Gasteiger partial charge in [0.25, 0.3) is 6.71 Å². The molecule has 0 unspecified atom stereocenters. The van der Waals surface area contributed by atoms with Crippen molar-refractivity contribution in [3.8, 4) is 11.4 Å². The Morgan fingerprint density at radius 1 is 0.302 bits per heavy atom. The van der Waals surface area contributed by atoms with Crippen molar-refractivity contribution in [3.05, 3.63) is 176 Å². The highest BCUT2D eigenvalue weighted by Gasteiger charge is 2.48. The monoisotopic (exact) mass is 672 g/mol. The molecule has 0 aliphatic carbocycles. The lowest BCUT2D eigenvalue weighted by molar-refractivity contribution is 1.16. The molecule has 53 heavy (non-hydrogen) atoms. The van der Waals surface area contributed by atoms with Crippen LogP contribution in [-0.2, 0) is 0 Å². The first kappa shape index (κ1) is 27.7. The molecule has 3 aliphatic heterocycles. The first-order valence-corrected chi connectivity index (χ1v) is 18.4. The summed E-state index contributed by atoms with van der Waals surface area (Å²) in [5, 5.41) is 5.19. The topological polar surface area (TPSA) is 16.3 Å². The van der Waals surface area contributed by atoms with Gasteiger partial charge in [0.2, 0.25) is 0 Å². The molecule has 4 nitrogen and oxygen atoms in total. The fourth-order valence-corrected chi connectivity index (χ4v) is 10.1. The molecule has 0 amide bonds. The van der Waals surface area contributed by atoms with Crippen molar-refractivity contribution in [2.45, 2.75) is 0 Å². The van der Waals surface area contributed by atoms with E-state index in [9.17, 15) is 0 Å². The van der Waals surface area contributed by atoms with E-state index in [1.165, 1.54) is 105 Å². The van der Waals surface area contributed by atoms with Crippen molar-refractivity contribution in [2.24, 2.45) is 0 Å². The molecule has 0 atom stereocenters. The number of aromatic nitrogens is 2. The van der Waals surface area contributed by atoms with Gasteiger partial charge in [0.1, 0.15) is 0 Å². The van der Waals surface area contributed by atoms with Crippen LogP contribution in [0.4, 0.5) is 34.1 Å². The van der Waals surface area contributed by atoms with Gasteiger partial charge in [0.05, 0.1) is 22.1 Å². The molecule has 244 valence electrons. The SMILES string of the molecule is c1ccc(N2c3cccc4c3B3c5c2cccc5-n2c5ccc6c(c7ccccc7n6-c6ccccc6)c5c5ccc(c3c52)N4c2ccccc2)cc1. The normalized spacial score (nSPS) is 13.5. The van der Waals surface area contributed by atoms with Gasteiger partial charge in [-0.15, -0.1) is 0 Å². The number of para-hydroxylation sites is 4. The average Bonchev–Trinajstić information content (AvgIpc) is 3.75. The van der Waals surface area contributed by atoms with E-state index in [0.717, 1.165) is 0 Å². The van der Waals surface area contributed by atoms with Crippen LogP contribution in [0, 0.1) is 0 Å². The first-order valence-electron chi connectivity index (χ1n) is 18.4. The van der Waals surface area contributed by atoms with Crippen LogP contribution in [0.25, 0.3) is 55.0 Å². The summed E-state index contributed by atoms with van der Waals surface area (Å²) >= 11 is 0. The lowest BCUT2D eigenvalue weighted by Crippen LogP contribution is -2.64. The highest BCUT2D eigenvalue weighted by molar-refractivity contribution is 7.02. The first-order chi connectivity index (χ1) is 26.4. The van der Waals surface area contributed by atoms with Gasteiger partial charge in [-0.3, -0.25) is 0 Å². The number of hydrogen-bond acceptors (Lipinski definition) is 2. The molecule has 13 rings (SSSR count). The number of nitrogens with zero attached hydrogens (tertiary/aromatic N) is 4. The van der Waals surface area contributed by atoms with Gasteiger partial charge in [0.15, 0.2) is 0 Å². The van der Waals surface area contributed by atoms with Gasteiger partial charge in [-0.2, -0.15) is 0 Å². The average molecular weight is 673 g/mol. The fraction of sp³-hybridized carbons (Fsp3) is 0. The maximum absolute atomic E-state index is 2.60. The summed E-state index contributed by atoms with van der Waals surface area (Å²) < 4.78 is 5.03. The number of fused-ring (bicyclic) bond motifs is 8. The molecule has 8 aromatic carbocycles. The quantitative estimate of drug-likeness (QED) is 0.174. The summed E-state index contributed by atoms with van der Waals surface area (Å²) in [4.78, 5) is 5.00. The van der Waals surface area contributed by atoms with Crippen LogP contribution in [0.3, 0.4) is 0 Å². The number of benzene rings is 8. The minimum Gasteiger partial charge on any atom is -0.311 e. The van der Waals surface area contributed by atoms with E-state index in [4.69, 9.17) is 0 Å². The molecule has 0 saturated carbocycles. The van der Waals surface area contributed by atoms with Crippen LogP contribution in [0.15, 0.2) is 176 Å². The van der Waals surface area contributed by atoms with Crippen LogP contribution in [-0.4, -0.2) is 15.8 Å². The third-order valence-electron chi connectivity index (χ3n) is 12.0. The summed E-state index contributed by atoms with van der Waals surface area (Å²) in [5.41, 5.74) is 18.9. The van der Waals surface area contributed by atoms with E-state index in [1.807, 2.05) is 0 Å². The zero-order valence-corrected chi connectivity index (χ0v) is 28.6. The summed E-state index contributed by atoms with van der Waals surface area (Å²) in [7, 11) is 0. The van der Waals surface area contributed by atoms with Gasteiger partial charge >= 0.3 is 0 Å². The van der Waals surface area contributed by atoms with Gasteiger partial charge in [-0.25, -0.2) is 0 Å². The second-order valence-corrected chi connectivity index (χ2v) is 14.5. The number of hydrogen-bond donors (Lipinski definition) is 0. The third kappa shape index (κ3) is 3.34. The standard InChI is InChI=1S/C48H29BN4/c1-4-14-30(15-5-1)50-35-21-11-10-20-33(35)43-36(50)28-29-37-44(43)34-26-27-42-47-48(34)53(37)41-25-13-24-40-46(41)49(47)45-38(51(40)31-16-6-2-7-17-31)22-12-23-39(45)52(42)32-18-8-3-9-19-32/h1-29H. The van der Waals surface area contributed by atoms with Crippen molar-refractivity contribution in [3.63, 3.8) is 0 Å². The molecule has 2 aromatic heterocycles. The van der Waals surface area contributed by atoms with Crippen molar-refractivity contribution in [1.82, 2.24) is 9.13 Å². The molecule has 10 aromatic rings.